The Bertz CT molecular complexity index is 903. The van der Waals surface area contributed by atoms with Crippen LogP contribution in [0.25, 0.3) is 5.65 Å². The van der Waals surface area contributed by atoms with Crippen LogP contribution in [0.4, 0.5) is 5.82 Å². The first-order valence-corrected chi connectivity index (χ1v) is 10.8. The zero-order valence-corrected chi connectivity index (χ0v) is 17.0. The summed E-state index contributed by atoms with van der Waals surface area (Å²) in [4.78, 5) is 21.8. The smallest absolute Gasteiger partial charge is 0.270 e. The summed E-state index contributed by atoms with van der Waals surface area (Å²) in [5, 5.41) is 11.7. The summed E-state index contributed by atoms with van der Waals surface area (Å²) in [6.45, 7) is 4.86. The molecule has 2 aromatic rings. The molecule has 8 nitrogen and oxygen atoms in total. The first kappa shape index (κ1) is 19.1. The Morgan fingerprint density at radius 3 is 2.75 bits per heavy atom. The van der Waals surface area contributed by atoms with Crippen LogP contribution in [0.1, 0.15) is 49.4 Å². The topological polar surface area (TPSA) is 106 Å². The summed E-state index contributed by atoms with van der Waals surface area (Å²) >= 11 is 0.949. The van der Waals surface area contributed by atoms with Crippen molar-refractivity contribution in [1.29, 1.82) is 0 Å². The Hall–Kier alpha value is -2.26. The van der Waals surface area contributed by atoms with Crippen LogP contribution in [-0.2, 0) is 4.79 Å². The minimum atomic E-state index is -0.179. The van der Waals surface area contributed by atoms with E-state index in [0.717, 1.165) is 67.0 Å². The summed E-state index contributed by atoms with van der Waals surface area (Å²) in [5.74, 6) is 0.863. The fourth-order valence-electron chi connectivity index (χ4n) is 4.20. The molecule has 0 aliphatic carbocycles. The minimum Gasteiger partial charge on any atom is -0.394 e. The number of rotatable bonds is 4. The summed E-state index contributed by atoms with van der Waals surface area (Å²) in [6, 6.07) is 1.92. The fourth-order valence-corrected chi connectivity index (χ4v) is 4.45. The number of aryl methyl sites for hydroxylation is 1. The number of likely N-dealkylation sites (tertiary alicyclic amines) is 1. The van der Waals surface area contributed by atoms with Crippen molar-refractivity contribution in [2.75, 3.05) is 24.5 Å². The summed E-state index contributed by atoms with van der Waals surface area (Å²) in [5.41, 5.74) is 8.89. The Morgan fingerprint density at radius 2 is 2.00 bits per heavy atom. The van der Waals surface area contributed by atoms with E-state index in [1.54, 1.807) is 0 Å². The highest BCUT2D eigenvalue weighted by Gasteiger charge is 2.31. The number of fused-ring (bicyclic) bond motifs is 1. The molecular formula is C19H27N7OS. The molecule has 2 fully saturated rings. The largest absolute Gasteiger partial charge is 0.394 e. The van der Waals surface area contributed by atoms with E-state index in [9.17, 15) is 4.79 Å². The molecule has 0 saturated carbocycles. The van der Waals surface area contributed by atoms with Crippen molar-refractivity contribution in [3.63, 3.8) is 0 Å². The van der Waals surface area contributed by atoms with E-state index in [-0.39, 0.29) is 17.6 Å². The molecule has 9 heteroatoms. The van der Waals surface area contributed by atoms with E-state index in [1.165, 1.54) is 18.2 Å². The van der Waals surface area contributed by atoms with Gasteiger partial charge in [-0.1, -0.05) is 11.9 Å². The summed E-state index contributed by atoms with van der Waals surface area (Å²) in [7, 11) is 0. The van der Waals surface area contributed by atoms with Crippen molar-refractivity contribution < 1.29 is 4.79 Å². The number of aromatic nitrogens is 3. The van der Waals surface area contributed by atoms with Crippen LogP contribution in [-0.4, -0.2) is 45.0 Å². The van der Waals surface area contributed by atoms with Gasteiger partial charge in [0.15, 0.2) is 5.65 Å². The monoisotopic (exact) mass is 401 g/mol. The third kappa shape index (κ3) is 3.56. The number of amides is 1. The maximum absolute atomic E-state index is 12.8. The van der Waals surface area contributed by atoms with Gasteiger partial charge in [0.25, 0.3) is 5.91 Å². The summed E-state index contributed by atoms with van der Waals surface area (Å²) < 4.78 is 1.83. The third-order valence-electron chi connectivity index (χ3n) is 5.58. The lowest BCUT2D eigenvalue weighted by Crippen LogP contribution is -2.41. The van der Waals surface area contributed by atoms with Crippen molar-refractivity contribution in [2.24, 2.45) is 10.9 Å². The van der Waals surface area contributed by atoms with Crippen molar-refractivity contribution in [1.82, 2.24) is 19.5 Å². The molecule has 2 saturated heterocycles. The second kappa shape index (κ2) is 8.00. The molecule has 4 rings (SSSR count). The van der Waals surface area contributed by atoms with E-state index in [0.29, 0.717) is 6.54 Å². The van der Waals surface area contributed by atoms with Crippen molar-refractivity contribution in [3.05, 3.63) is 34.6 Å². The minimum absolute atomic E-state index is 0.0896. The van der Waals surface area contributed by atoms with Crippen LogP contribution in [0, 0.1) is 6.92 Å². The van der Waals surface area contributed by atoms with E-state index in [2.05, 4.69) is 11.8 Å². The first-order chi connectivity index (χ1) is 13.6. The molecule has 2 aliphatic rings. The van der Waals surface area contributed by atoms with Gasteiger partial charge < -0.3 is 15.5 Å². The highest BCUT2D eigenvalue weighted by Crippen LogP contribution is 2.32. The van der Waals surface area contributed by atoms with Gasteiger partial charge in [-0.3, -0.25) is 9.93 Å². The number of nitrogens with zero attached hydrogens (tertiary/aromatic N) is 5. The molecule has 0 bridgehead atoms. The van der Waals surface area contributed by atoms with Gasteiger partial charge in [-0.15, -0.1) is 0 Å². The van der Waals surface area contributed by atoms with Gasteiger partial charge in [0.05, 0.1) is 11.7 Å². The van der Waals surface area contributed by atoms with Crippen LogP contribution in [0.3, 0.4) is 0 Å². The normalized spacial score (nSPS) is 20.9. The Labute approximate surface area is 169 Å². The standard InChI is InChI=1S/C19H27N7OS/c1-13-11-26-17(22-18(13)24-7-4-5-8-24)10-15(23-26)16-6-2-3-9-25(16)19(27)14(20)12-28-21/h10-12,16H,2-9,20-21H2,1H3/b14-12-/t16-/m0/s1. The lowest BCUT2D eigenvalue weighted by atomic mass is 9.99. The molecule has 1 atom stereocenters. The molecule has 0 spiro atoms. The lowest BCUT2D eigenvalue weighted by molar-refractivity contribution is -0.131. The predicted octanol–water partition coefficient (Wildman–Crippen LogP) is 2.10. The number of anilines is 1. The highest BCUT2D eigenvalue weighted by atomic mass is 32.2. The number of carbonyl (C=O) groups excluding carboxylic acids is 1. The van der Waals surface area contributed by atoms with Crippen LogP contribution in [0.2, 0.25) is 0 Å². The van der Waals surface area contributed by atoms with E-state index < -0.39 is 0 Å². The predicted molar refractivity (Wildman–Crippen MR) is 112 cm³/mol. The van der Waals surface area contributed by atoms with Crippen molar-refractivity contribution in [3.8, 4) is 0 Å². The lowest BCUT2D eigenvalue weighted by Gasteiger charge is -2.34. The van der Waals surface area contributed by atoms with Gasteiger partial charge in [0.1, 0.15) is 11.5 Å². The van der Waals surface area contributed by atoms with Gasteiger partial charge in [-0.05, 0) is 39.0 Å². The molecule has 4 heterocycles. The van der Waals surface area contributed by atoms with Gasteiger partial charge in [-0.25, -0.2) is 9.50 Å². The zero-order valence-electron chi connectivity index (χ0n) is 16.2. The van der Waals surface area contributed by atoms with Crippen LogP contribution < -0.4 is 15.8 Å². The van der Waals surface area contributed by atoms with E-state index in [1.807, 2.05) is 21.7 Å². The molecule has 1 amide bonds. The molecule has 2 aliphatic heterocycles. The van der Waals surface area contributed by atoms with E-state index >= 15 is 0 Å². The Kier molecular flexibility index (Phi) is 5.45. The molecular weight excluding hydrogens is 374 g/mol. The highest BCUT2D eigenvalue weighted by molar-refractivity contribution is 8.00. The zero-order chi connectivity index (χ0) is 19.7. The molecule has 28 heavy (non-hydrogen) atoms. The molecule has 150 valence electrons. The average Bonchev–Trinajstić information content (AvgIpc) is 3.36. The number of nitrogens with two attached hydrogens (primary N) is 2. The Morgan fingerprint density at radius 1 is 1.25 bits per heavy atom. The third-order valence-corrected chi connectivity index (χ3v) is 5.97. The number of hydrogen-bond donors (Lipinski definition) is 2. The van der Waals surface area contributed by atoms with Crippen LogP contribution in [0.5, 0.6) is 0 Å². The first-order valence-electron chi connectivity index (χ1n) is 9.82. The van der Waals surface area contributed by atoms with E-state index in [4.69, 9.17) is 21.0 Å². The molecule has 0 aromatic carbocycles. The fraction of sp³-hybridized carbons (Fsp3) is 0.526. The van der Waals surface area contributed by atoms with Crippen molar-refractivity contribution >= 4 is 29.3 Å². The Balaban J connectivity index is 1.66. The van der Waals surface area contributed by atoms with Gasteiger partial charge in [-0.2, -0.15) is 5.10 Å². The maximum Gasteiger partial charge on any atom is 0.270 e. The summed E-state index contributed by atoms with van der Waals surface area (Å²) in [6.07, 6.45) is 7.36. The molecule has 0 unspecified atom stereocenters. The number of carbonyl (C=O) groups is 1. The number of piperidine rings is 1. The average molecular weight is 402 g/mol. The number of hydrogen-bond acceptors (Lipinski definition) is 7. The quantitative estimate of drug-likeness (QED) is 0.597. The second-order valence-corrected chi connectivity index (χ2v) is 8.04. The SMILES string of the molecule is Cc1cn2nc([C@@H]3CCCCN3C(=O)/C(N)=C/SN)cc2nc1N1CCCC1. The van der Waals surface area contributed by atoms with Gasteiger partial charge in [0, 0.05) is 42.9 Å². The molecule has 0 radical (unpaired) electrons. The van der Waals surface area contributed by atoms with Crippen LogP contribution in [0.15, 0.2) is 23.4 Å². The molecule has 2 aromatic heterocycles. The van der Waals surface area contributed by atoms with Gasteiger partial charge >= 0.3 is 0 Å². The second-order valence-electron chi connectivity index (χ2n) is 7.53. The molecule has 4 N–H and O–H groups in total. The maximum atomic E-state index is 12.8. The van der Waals surface area contributed by atoms with Gasteiger partial charge in [0.2, 0.25) is 0 Å². The van der Waals surface area contributed by atoms with Crippen molar-refractivity contribution in [2.45, 2.75) is 45.1 Å². The van der Waals surface area contributed by atoms with Crippen LogP contribution >= 0.6 is 11.9 Å².